The van der Waals surface area contributed by atoms with Crippen LogP contribution >= 0.6 is 0 Å². The fraction of sp³-hybridized carbons (Fsp3) is 0.0930. The molecule has 0 fully saturated rings. The van der Waals surface area contributed by atoms with Gasteiger partial charge in [0, 0.05) is 12.1 Å². The van der Waals surface area contributed by atoms with Crippen LogP contribution in [0.1, 0.15) is 25.6 Å². The Balaban J connectivity index is 1.37. The highest BCUT2D eigenvalue weighted by atomic mass is 15.1. The molecule has 45 heavy (non-hydrogen) atoms. The van der Waals surface area contributed by atoms with Gasteiger partial charge in [0.2, 0.25) is 0 Å². The first-order chi connectivity index (χ1) is 22.3. The van der Waals surface area contributed by atoms with Crippen molar-refractivity contribution in [2.75, 3.05) is 0 Å². The Kier molecular flexibility index (Phi) is 6.96. The number of rotatable bonds is 7. The molecule has 0 saturated heterocycles. The minimum Gasteiger partial charge on any atom is -0.296 e. The van der Waals surface area contributed by atoms with E-state index >= 15 is 0 Å². The number of benzene rings is 7. The summed E-state index contributed by atoms with van der Waals surface area (Å²) >= 11 is 0. The predicted molar refractivity (Wildman–Crippen MR) is 191 cm³/mol. The molecule has 0 spiro atoms. The Morgan fingerprint density at radius 1 is 0.489 bits per heavy atom. The van der Waals surface area contributed by atoms with Crippen LogP contribution in [0, 0.1) is 0 Å². The molecule has 0 radical (unpaired) electrons. The fourth-order valence-electron chi connectivity index (χ4n) is 6.86. The normalized spacial score (nSPS) is 11.5. The van der Waals surface area contributed by atoms with Gasteiger partial charge in [-0.1, -0.05) is 135 Å². The largest absolute Gasteiger partial charge is 0.296 e. The van der Waals surface area contributed by atoms with E-state index in [0.29, 0.717) is 0 Å². The summed E-state index contributed by atoms with van der Waals surface area (Å²) < 4.78 is 2.34. The molecule has 0 aliphatic rings. The highest BCUT2D eigenvalue weighted by molar-refractivity contribution is 6.22. The van der Waals surface area contributed by atoms with Gasteiger partial charge in [0.25, 0.3) is 0 Å². The minimum atomic E-state index is 0.964. The molecule has 0 atom stereocenters. The van der Waals surface area contributed by atoms with Crippen LogP contribution in [0.5, 0.6) is 0 Å². The van der Waals surface area contributed by atoms with Crippen molar-refractivity contribution in [2.24, 2.45) is 0 Å². The second-order valence-electron chi connectivity index (χ2n) is 11.8. The molecule has 0 amide bonds. The predicted octanol–water partition coefficient (Wildman–Crippen LogP) is 11.7. The molecule has 7 aromatic carbocycles. The third-order valence-corrected chi connectivity index (χ3v) is 8.99. The quantitative estimate of drug-likeness (QED) is 0.172. The standard InChI is InChI=1S/C43H34N2/c1-2-3-22-41-44-39-20-12-13-21-40(39)45(41)34-26-23-32(24-27-34)43-36-19-11-10-18-35(36)42(31-16-8-5-9-17-31)37-28-25-33(29-38(37)43)30-14-6-4-7-15-30/h4-21,23-29H,2-3,22H2,1H3. The van der Waals surface area contributed by atoms with Gasteiger partial charge < -0.3 is 0 Å². The first kappa shape index (κ1) is 27.1. The van der Waals surface area contributed by atoms with E-state index in [-0.39, 0.29) is 0 Å². The van der Waals surface area contributed by atoms with E-state index in [1.165, 1.54) is 54.9 Å². The molecule has 0 bridgehead atoms. The number of nitrogens with zero attached hydrogens (tertiary/aromatic N) is 2. The molecule has 8 rings (SSSR count). The second kappa shape index (κ2) is 11.6. The Bertz CT molecular complexity index is 2280. The van der Waals surface area contributed by atoms with Gasteiger partial charge in [-0.15, -0.1) is 0 Å². The van der Waals surface area contributed by atoms with Crippen molar-refractivity contribution in [3.05, 3.63) is 157 Å². The summed E-state index contributed by atoms with van der Waals surface area (Å²) in [6.45, 7) is 2.24. The SMILES string of the molecule is CCCCc1nc2ccccc2n1-c1ccc(-c2c3ccccc3c(-c3ccccc3)c3ccc(-c4ccccc4)cc23)cc1. The molecule has 0 aliphatic heterocycles. The van der Waals surface area contributed by atoms with Crippen LogP contribution in [0.25, 0.3) is 71.6 Å². The average molecular weight is 579 g/mol. The zero-order valence-corrected chi connectivity index (χ0v) is 25.4. The molecule has 0 unspecified atom stereocenters. The van der Waals surface area contributed by atoms with Crippen molar-refractivity contribution in [3.63, 3.8) is 0 Å². The number of aromatic nitrogens is 2. The average Bonchev–Trinajstić information content (AvgIpc) is 3.48. The molecule has 8 aromatic rings. The lowest BCUT2D eigenvalue weighted by Gasteiger charge is -2.19. The van der Waals surface area contributed by atoms with Crippen molar-refractivity contribution in [1.29, 1.82) is 0 Å². The fourth-order valence-corrected chi connectivity index (χ4v) is 6.86. The number of imidazole rings is 1. The van der Waals surface area contributed by atoms with Crippen LogP contribution in [0.15, 0.2) is 152 Å². The summed E-state index contributed by atoms with van der Waals surface area (Å²) in [5, 5.41) is 5.06. The van der Waals surface area contributed by atoms with Gasteiger partial charge in [-0.3, -0.25) is 4.57 Å². The maximum atomic E-state index is 5.03. The zero-order chi connectivity index (χ0) is 30.2. The van der Waals surface area contributed by atoms with Gasteiger partial charge in [0.1, 0.15) is 5.82 Å². The highest BCUT2D eigenvalue weighted by Crippen LogP contribution is 2.45. The molecular weight excluding hydrogens is 544 g/mol. The van der Waals surface area contributed by atoms with Crippen LogP contribution in [0.4, 0.5) is 0 Å². The summed E-state index contributed by atoms with van der Waals surface area (Å²) in [6.07, 6.45) is 3.23. The molecule has 2 heteroatoms. The number of unbranched alkanes of at least 4 members (excludes halogenated alkanes) is 1. The van der Waals surface area contributed by atoms with Gasteiger partial charge >= 0.3 is 0 Å². The van der Waals surface area contributed by atoms with Crippen molar-refractivity contribution in [1.82, 2.24) is 9.55 Å². The van der Waals surface area contributed by atoms with Crippen LogP contribution in [0.3, 0.4) is 0 Å². The van der Waals surface area contributed by atoms with E-state index in [1.54, 1.807) is 0 Å². The molecule has 0 saturated carbocycles. The third-order valence-electron chi connectivity index (χ3n) is 8.99. The maximum Gasteiger partial charge on any atom is 0.114 e. The summed E-state index contributed by atoms with van der Waals surface area (Å²) in [7, 11) is 0. The molecule has 2 nitrogen and oxygen atoms in total. The molecule has 1 heterocycles. The van der Waals surface area contributed by atoms with Gasteiger partial charge in [-0.05, 0) is 91.7 Å². The van der Waals surface area contributed by atoms with Crippen molar-refractivity contribution in [3.8, 4) is 39.1 Å². The lowest BCUT2D eigenvalue weighted by molar-refractivity contribution is 0.744. The number of hydrogen-bond acceptors (Lipinski definition) is 1. The topological polar surface area (TPSA) is 17.8 Å². The van der Waals surface area contributed by atoms with E-state index in [1.807, 2.05) is 0 Å². The van der Waals surface area contributed by atoms with E-state index in [4.69, 9.17) is 4.98 Å². The van der Waals surface area contributed by atoms with Crippen molar-refractivity contribution < 1.29 is 0 Å². The van der Waals surface area contributed by atoms with Gasteiger partial charge in [-0.2, -0.15) is 0 Å². The van der Waals surface area contributed by atoms with Crippen molar-refractivity contribution >= 4 is 32.6 Å². The Morgan fingerprint density at radius 2 is 1.04 bits per heavy atom. The van der Waals surface area contributed by atoms with E-state index in [2.05, 4.69) is 163 Å². The summed E-state index contributed by atoms with van der Waals surface area (Å²) in [6, 6.07) is 55.0. The summed E-state index contributed by atoms with van der Waals surface area (Å²) in [5.74, 6) is 1.13. The van der Waals surface area contributed by atoms with E-state index < -0.39 is 0 Å². The summed E-state index contributed by atoms with van der Waals surface area (Å²) in [5.41, 5.74) is 10.8. The van der Waals surface area contributed by atoms with Crippen molar-refractivity contribution in [2.45, 2.75) is 26.2 Å². The Morgan fingerprint density at radius 3 is 1.76 bits per heavy atom. The molecule has 0 aliphatic carbocycles. The molecule has 216 valence electrons. The highest BCUT2D eigenvalue weighted by Gasteiger charge is 2.18. The lowest BCUT2D eigenvalue weighted by atomic mass is 9.85. The van der Waals surface area contributed by atoms with Gasteiger partial charge in [0.15, 0.2) is 0 Å². The van der Waals surface area contributed by atoms with Crippen LogP contribution in [0.2, 0.25) is 0 Å². The minimum absolute atomic E-state index is 0.964. The maximum absolute atomic E-state index is 5.03. The van der Waals surface area contributed by atoms with Gasteiger partial charge in [-0.25, -0.2) is 4.98 Å². The number of aryl methyl sites for hydroxylation is 1. The Labute approximate surface area is 264 Å². The molecular formula is C43H34N2. The van der Waals surface area contributed by atoms with Crippen LogP contribution in [-0.2, 0) is 6.42 Å². The van der Waals surface area contributed by atoms with E-state index in [9.17, 15) is 0 Å². The number of fused-ring (bicyclic) bond motifs is 3. The smallest absolute Gasteiger partial charge is 0.114 e. The number of hydrogen-bond donors (Lipinski definition) is 0. The zero-order valence-electron chi connectivity index (χ0n) is 25.4. The molecule has 0 N–H and O–H groups in total. The van der Waals surface area contributed by atoms with Crippen LogP contribution in [-0.4, -0.2) is 9.55 Å². The summed E-state index contributed by atoms with van der Waals surface area (Å²) in [4.78, 5) is 5.03. The van der Waals surface area contributed by atoms with E-state index in [0.717, 1.165) is 41.8 Å². The van der Waals surface area contributed by atoms with Gasteiger partial charge in [0.05, 0.1) is 11.0 Å². The first-order valence-electron chi connectivity index (χ1n) is 16.0. The van der Waals surface area contributed by atoms with Crippen LogP contribution < -0.4 is 0 Å². The molecule has 1 aromatic heterocycles. The first-order valence-corrected chi connectivity index (χ1v) is 16.0. The lowest BCUT2D eigenvalue weighted by Crippen LogP contribution is -2.01. The number of para-hydroxylation sites is 2. The second-order valence-corrected chi connectivity index (χ2v) is 11.8. The monoisotopic (exact) mass is 578 g/mol. The third kappa shape index (κ3) is 4.80. The Hall–Kier alpha value is -5.47.